The minimum atomic E-state index is -0.416. The van der Waals surface area contributed by atoms with Crippen molar-refractivity contribution in [2.24, 2.45) is 5.73 Å². The van der Waals surface area contributed by atoms with E-state index in [0.29, 0.717) is 12.1 Å². The summed E-state index contributed by atoms with van der Waals surface area (Å²) in [5.41, 5.74) is 7.97. The number of hydrogen-bond donors (Lipinski definition) is 1. The topological polar surface area (TPSA) is 35.2 Å². The van der Waals surface area contributed by atoms with E-state index in [1.54, 1.807) is 18.2 Å². The highest BCUT2D eigenvalue weighted by Gasteiger charge is 2.23. The van der Waals surface area contributed by atoms with Crippen LogP contribution in [0, 0.1) is 5.82 Å². The summed E-state index contributed by atoms with van der Waals surface area (Å²) in [4.78, 5) is 0. The summed E-state index contributed by atoms with van der Waals surface area (Å²) >= 11 is 5.87. The molecule has 2 N–H and O–H groups in total. The number of rotatable bonds is 2. The van der Waals surface area contributed by atoms with Crippen molar-refractivity contribution in [3.8, 4) is 16.9 Å². The number of aryl methyl sites for hydroxylation is 1. The molecule has 2 aromatic carbocycles. The maximum atomic E-state index is 14.2. The number of ether oxygens (including phenoxy) is 1. The smallest absolute Gasteiger partial charge is 0.149 e. The Morgan fingerprint density at radius 2 is 1.90 bits per heavy atom. The van der Waals surface area contributed by atoms with Gasteiger partial charge in [0.15, 0.2) is 0 Å². The number of para-hydroxylation sites is 1. The first-order valence-corrected chi connectivity index (χ1v) is 7.01. The van der Waals surface area contributed by atoms with Gasteiger partial charge in [-0.2, -0.15) is 0 Å². The highest BCUT2D eigenvalue weighted by molar-refractivity contribution is 6.31. The third-order valence-corrected chi connectivity index (χ3v) is 3.91. The molecule has 4 heteroatoms. The normalized spacial score (nSPS) is 16.6. The molecular weight excluding hydrogens is 289 g/mol. The van der Waals surface area contributed by atoms with Crippen molar-refractivity contribution in [3.63, 3.8) is 0 Å². The Balaban J connectivity index is 0.00000161. The first kappa shape index (κ1) is 15.8. The second-order valence-electron chi connectivity index (χ2n) is 4.91. The third kappa shape index (κ3) is 2.89. The average molecular weight is 308 g/mol. The second kappa shape index (κ2) is 6.46. The van der Waals surface area contributed by atoms with Crippen LogP contribution in [0.25, 0.3) is 11.1 Å². The highest BCUT2D eigenvalue weighted by atomic mass is 35.5. The molecule has 21 heavy (non-hydrogen) atoms. The van der Waals surface area contributed by atoms with Crippen molar-refractivity contribution in [1.82, 2.24) is 0 Å². The molecule has 0 bridgehead atoms. The average Bonchev–Trinajstić information content (AvgIpc) is 2.49. The summed E-state index contributed by atoms with van der Waals surface area (Å²) in [5, 5.41) is 0.117. The van der Waals surface area contributed by atoms with Gasteiger partial charge in [-0.25, -0.2) is 4.39 Å². The fourth-order valence-corrected chi connectivity index (χ4v) is 2.73. The number of halogens is 2. The zero-order chi connectivity index (χ0) is 14.1. The molecule has 1 aliphatic heterocycles. The summed E-state index contributed by atoms with van der Waals surface area (Å²) in [6.45, 7) is 0.464. The minimum Gasteiger partial charge on any atom is -0.488 e. The van der Waals surface area contributed by atoms with Crippen LogP contribution in [-0.2, 0) is 6.42 Å². The number of benzene rings is 2. The lowest BCUT2D eigenvalue weighted by Gasteiger charge is -2.27. The molecule has 0 aliphatic carbocycles. The summed E-state index contributed by atoms with van der Waals surface area (Å²) in [5.74, 6) is 0.316. The first-order chi connectivity index (χ1) is 9.70. The Morgan fingerprint density at radius 1 is 1.19 bits per heavy atom. The van der Waals surface area contributed by atoms with E-state index in [-0.39, 0.29) is 18.6 Å². The monoisotopic (exact) mass is 307 g/mol. The van der Waals surface area contributed by atoms with Crippen LogP contribution in [0.5, 0.6) is 5.75 Å². The van der Waals surface area contributed by atoms with Gasteiger partial charge >= 0.3 is 0 Å². The van der Waals surface area contributed by atoms with Crippen LogP contribution in [-0.4, -0.2) is 12.6 Å². The maximum absolute atomic E-state index is 14.2. The van der Waals surface area contributed by atoms with Gasteiger partial charge in [0.05, 0.1) is 5.02 Å². The van der Waals surface area contributed by atoms with E-state index in [1.807, 2.05) is 18.2 Å². The molecule has 0 radical (unpaired) electrons. The van der Waals surface area contributed by atoms with Crippen molar-refractivity contribution < 1.29 is 9.13 Å². The quantitative estimate of drug-likeness (QED) is 0.890. The molecule has 112 valence electrons. The lowest BCUT2D eigenvalue weighted by molar-refractivity contribution is 0.182. The van der Waals surface area contributed by atoms with Crippen LogP contribution in [0.15, 0.2) is 36.4 Å². The molecule has 2 aromatic rings. The highest BCUT2D eigenvalue weighted by Crippen LogP contribution is 2.39. The molecule has 1 atom stereocenters. The van der Waals surface area contributed by atoms with Crippen LogP contribution in [0.2, 0.25) is 5.02 Å². The molecule has 3 rings (SSSR count). The largest absolute Gasteiger partial charge is 0.488 e. The van der Waals surface area contributed by atoms with Crippen molar-refractivity contribution >= 4 is 11.6 Å². The number of hydrogen-bond acceptors (Lipinski definition) is 2. The van der Waals surface area contributed by atoms with Gasteiger partial charge in [0.25, 0.3) is 0 Å². The van der Waals surface area contributed by atoms with Gasteiger partial charge in [0, 0.05) is 17.7 Å². The van der Waals surface area contributed by atoms with Crippen molar-refractivity contribution in [2.45, 2.75) is 26.4 Å². The van der Waals surface area contributed by atoms with Crippen LogP contribution in [0.3, 0.4) is 0 Å². The van der Waals surface area contributed by atoms with E-state index in [2.05, 4.69) is 0 Å². The Bertz CT molecular complexity index is 645. The van der Waals surface area contributed by atoms with Crippen molar-refractivity contribution in [3.05, 3.63) is 52.8 Å². The molecular formula is C17H19ClFNO. The van der Waals surface area contributed by atoms with E-state index < -0.39 is 5.82 Å². The molecule has 1 heterocycles. The van der Waals surface area contributed by atoms with Gasteiger partial charge in [0.1, 0.15) is 17.7 Å². The molecule has 0 saturated heterocycles. The Hall–Kier alpha value is -1.58. The van der Waals surface area contributed by atoms with Gasteiger partial charge in [0.2, 0.25) is 0 Å². The van der Waals surface area contributed by atoms with Gasteiger partial charge in [-0.15, -0.1) is 0 Å². The number of fused-ring (bicyclic) bond motifs is 1. The first-order valence-electron chi connectivity index (χ1n) is 6.63. The fraction of sp³-hybridized carbons (Fsp3) is 0.294. The molecule has 0 unspecified atom stereocenters. The van der Waals surface area contributed by atoms with Gasteiger partial charge < -0.3 is 10.5 Å². The van der Waals surface area contributed by atoms with Gasteiger partial charge in [-0.1, -0.05) is 49.4 Å². The maximum Gasteiger partial charge on any atom is 0.149 e. The molecule has 0 aromatic heterocycles. The number of nitrogens with two attached hydrogens (primary N) is 1. The zero-order valence-electron chi connectivity index (χ0n) is 10.9. The zero-order valence-corrected chi connectivity index (χ0v) is 11.7. The summed E-state index contributed by atoms with van der Waals surface area (Å²) in [6, 6.07) is 10.8. The predicted octanol–water partition coefficient (Wildman–Crippen LogP) is 4.43. The SMILES string of the molecule is C.NC[C@H]1CCc2cccc(-c3cccc(Cl)c3F)c2O1. The lowest BCUT2D eigenvalue weighted by atomic mass is 9.95. The van der Waals surface area contributed by atoms with E-state index >= 15 is 0 Å². The van der Waals surface area contributed by atoms with Crippen molar-refractivity contribution in [2.75, 3.05) is 6.54 Å². The fourth-order valence-electron chi connectivity index (χ4n) is 2.55. The molecule has 0 fully saturated rings. The molecule has 1 aliphatic rings. The summed E-state index contributed by atoms with van der Waals surface area (Å²) in [6.07, 6.45) is 1.78. The Labute approximate surface area is 129 Å². The Kier molecular flexibility index (Phi) is 4.86. The van der Waals surface area contributed by atoms with Crippen LogP contribution in [0.4, 0.5) is 4.39 Å². The van der Waals surface area contributed by atoms with Crippen molar-refractivity contribution in [1.29, 1.82) is 0 Å². The lowest BCUT2D eigenvalue weighted by Crippen LogP contribution is -2.30. The second-order valence-corrected chi connectivity index (χ2v) is 5.32. The van der Waals surface area contributed by atoms with Crippen LogP contribution in [0.1, 0.15) is 19.4 Å². The van der Waals surface area contributed by atoms with Crippen LogP contribution < -0.4 is 10.5 Å². The van der Waals surface area contributed by atoms with E-state index in [4.69, 9.17) is 22.1 Å². The van der Waals surface area contributed by atoms with E-state index in [9.17, 15) is 4.39 Å². The third-order valence-electron chi connectivity index (χ3n) is 3.62. The standard InChI is InChI=1S/C16H15ClFNO.CH4/c17-14-6-2-4-12(15(14)18)13-5-1-3-10-7-8-11(9-19)20-16(10)13;/h1-6,11H,7-9,19H2;1H4/t11-;/m1./s1. The molecule has 2 nitrogen and oxygen atoms in total. The molecule has 0 amide bonds. The summed E-state index contributed by atoms with van der Waals surface area (Å²) < 4.78 is 20.2. The molecule has 0 saturated carbocycles. The van der Waals surface area contributed by atoms with Gasteiger partial charge in [-0.05, 0) is 24.5 Å². The van der Waals surface area contributed by atoms with Crippen LogP contribution >= 0.6 is 11.6 Å². The Morgan fingerprint density at radius 3 is 2.67 bits per heavy atom. The minimum absolute atomic E-state index is 0. The molecule has 0 spiro atoms. The van der Waals surface area contributed by atoms with E-state index in [1.165, 1.54) is 0 Å². The summed E-state index contributed by atoms with van der Waals surface area (Å²) in [7, 11) is 0. The predicted molar refractivity (Wildman–Crippen MR) is 85.4 cm³/mol. The van der Waals surface area contributed by atoms with E-state index in [0.717, 1.165) is 29.7 Å². The van der Waals surface area contributed by atoms with Gasteiger partial charge in [-0.3, -0.25) is 0 Å².